The van der Waals surface area contributed by atoms with Crippen molar-refractivity contribution in [1.29, 1.82) is 0 Å². The zero-order valence-corrected chi connectivity index (χ0v) is 12.8. The van der Waals surface area contributed by atoms with Gasteiger partial charge in [-0.1, -0.05) is 12.1 Å². The molecular weight excluding hydrogens is 271 g/mol. The number of nitrogens with two attached hydrogens (primary N) is 1. The van der Waals surface area contributed by atoms with Gasteiger partial charge in [0, 0.05) is 12.6 Å². The second-order valence-corrected chi connectivity index (χ2v) is 6.53. The minimum atomic E-state index is -0.538. The number of piperidine rings is 1. The Morgan fingerprint density at radius 3 is 2.52 bits per heavy atom. The Morgan fingerprint density at radius 1 is 1.33 bits per heavy atom. The van der Waals surface area contributed by atoms with Crippen LogP contribution < -0.4 is 5.73 Å². The van der Waals surface area contributed by atoms with Gasteiger partial charge in [-0.2, -0.15) is 0 Å². The maximum Gasteiger partial charge on any atom is 0.410 e. The third-order valence-electron chi connectivity index (χ3n) is 3.53. The van der Waals surface area contributed by atoms with Crippen LogP contribution in [0.25, 0.3) is 0 Å². The molecule has 2 rings (SSSR count). The lowest BCUT2D eigenvalue weighted by molar-refractivity contribution is 0.00797. The summed E-state index contributed by atoms with van der Waals surface area (Å²) >= 11 is 0. The SMILES string of the molecule is CC(C)(C)OC(=O)N1CCC(N)CC1c1ccc(F)cc1. The van der Waals surface area contributed by atoms with Crippen molar-refractivity contribution < 1.29 is 13.9 Å². The molecule has 2 atom stereocenters. The van der Waals surface area contributed by atoms with Gasteiger partial charge in [0.1, 0.15) is 11.4 Å². The highest BCUT2D eigenvalue weighted by atomic mass is 19.1. The van der Waals surface area contributed by atoms with Gasteiger partial charge in [0.25, 0.3) is 0 Å². The molecule has 0 spiro atoms. The van der Waals surface area contributed by atoms with Gasteiger partial charge in [0.15, 0.2) is 0 Å². The summed E-state index contributed by atoms with van der Waals surface area (Å²) in [7, 11) is 0. The molecule has 1 aliphatic heterocycles. The van der Waals surface area contributed by atoms with Crippen molar-refractivity contribution >= 4 is 6.09 Å². The van der Waals surface area contributed by atoms with Gasteiger partial charge in [-0.25, -0.2) is 9.18 Å². The van der Waals surface area contributed by atoms with E-state index in [-0.39, 0.29) is 24.0 Å². The molecule has 0 aromatic heterocycles. The summed E-state index contributed by atoms with van der Waals surface area (Å²) in [6, 6.07) is 6.10. The van der Waals surface area contributed by atoms with Gasteiger partial charge in [0.05, 0.1) is 6.04 Å². The van der Waals surface area contributed by atoms with Gasteiger partial charge in [-0.15, -0.1) is 0 Å². The number of nitrogens with zero attached hydrogens (tertiary/aromatic N) is 1. The molecule has 5 heteroatoms. The number of benzene rings is 1. The highest BCUT2D eigenvalue weighted by molar-refractivity contribution is 5.69. The van der Waals surface area contributed by atoms with E-state index >= 15 is 0 Å². The number of rotatable bonds is 1. The first kappa shape index (κ1) is 15.8. The van der Waals surface area contributed by atoms with Crippen molar-refractivity contribution in [3.63, 3.8) is 0 Å². The number of halogens is 1. The van der Waals surface area contributed by atoms with E-state index in [2.05, 4.69) is 0 Å². The molecule has 1 heterocycles. The fourth-order valence-corrected chi connectivity index (χ4v) is 2.53. The van der Waals surface area contributed by atoms with Crippen molar-refractivity contribution in [3.05, 3.63) is 35.6 Å². The molecular formula is C16H23FN2O2. The number of carbonyl (C=O) groups is 1. The van der Waals surface area contributed by atoms with Crippen molar-refractivity contribution in [1.82, 2.24) is 4.90 Å². The third-order valence-corrected chi connectivity index (χ3v) is 3.53. The second-order valence-electron chi connectivity index (χ2n) is 6.53. The van der Waals surface area contributed by atoms with Crippen LogP contribution in [0.4, 0.5) is 9.18 Å². The summed E-state index contributed by atoms with van der Waals surface area (Å²) in [5.41, 5.74) is 6.38. The van der Waals surface area contributed by atoms with E-state index in [9.17, 15) is 9.18 Å². The van der Waals surface area contributed by atoms with E-state index in [1.807, 2.05) is 20.8 Å². The van der Waals surface area contributed by atoms with Crippen LogP contribution in [0.1, 0.15) is 45.2 Å². The molecule has 0 bridgehead atoms. The monoisotopic (exact) mass is 294 g/mol. The minimum absolute atomic E-state index is 0.0405. The van der Waals surface area contributed by atoms with E-state index in [0.29, 0.717) is 13.0 Å². The number of carbonyl (C=O) groups excluding carboxylic acids is 1. The first-order valence-electron chi connectivity index (χ1n) is 7.27. The van der Waals surface area contributed by atoms with Gasteiger partial charge in [0.2, 0.25) is 0 Å². The maximum atomic E-state index is 13.1. The molecule has 0 saturated carbocycles. The molecule has 1 saturated heterocycles. The first-order valence-corrected chi connectivity index (χ1v) is 7.27. The average molecular weight is 294 g/mol. The van der Waals surface area contributed by atoms with Gasteiger partial charge < -0.3 is 15.4 Å². The zero-order chi connectivity index (χ0) is 15.6. The highest BCUT2D eigenvalue weighted by Gasteiger charge is 2.33. The third kappa shape index (κ3) is 4.17. The standard InChI is InChI=1S/C16H23FN2O2/c1-16(2,3)21-15(20)19-9-8-13(18)10-14(19)11-4-6-12(17)7-5-11/h4-7,13-14H,8-10,18H2,1-3H3. The Bertz CT molecular complexity index is 496. The Labute approximate surface area is 125 Å². The van der Waals surface area contributed by atoms with E-state index in [4.69, 9.17) is 10.5 Å². The van der Waals surface area contributed by atoms with E-state index in [1.165, 1.54) is 12.1 Å². The molecule has 1 aromatic rings. The minimum Gasteiger partial charge on any atom is -0.444 e. The predicted molar refractivity (Wildman–Crippen MR) is 79.3 cm³/mol. The largest absolute Gasteiger partial charge is 0.444 e. The average Bonchev–Trinajstić information content (AvgIpc) is 2.37. The number of ether oxygens (including phenoxy) is 1. The molecule has 0 radical (unpaired) electrons. The number of hydrogen-bond acceptors (Lipinski definition) is 3. The van der Waals surface area contributed by atoms with Crippen LogP contribution in [0.2, 0.25) is 0 Å². The second kappa shape index (κ2) is 6.02. The molecule has 0 aliphatic carbocycles. The van der Waals surface area contributed by atoms with Crippen LogP contribution in [-0.4, -0.2) is 29.2 Å². The van der Waals surface area contributed by atoms with Crippen LogP contribution in [0.15, 0.2) is 24.3 Å². The molecule has 2 unspecified atom stereocenters. The Kier molecular flexibility index (Phi) is 4.52. The topological polar surface area (TPSA) is 55.6 Å². The number of amides is 1. The van der Waals surface area contributed by atoms with Crippen LogP contribution in [0, 0.1) is 5.82 Å². The molecule has 1 aliphatic rings. The predicted octanol–water partition coefficient (Wildman–Crippen LogP) is 3.23. The summed E-state index contributed by atoms with van der Waals surface area (Å²) in [6.07, 6.45) is 1.06. The summed E-state index contributed by atoms with van der Waals surface area (Å²) < 4.78 is 18.5. The van der Waals surface area contributed by atoms with E-state index in [1.54, 1.807) is 17.0 Å². The summed E-state index contributed by atoms with van der Waals surface area (Å²) in [4.78, 5) is 14.1. The van der Waals surface area contributed by atoms with E-state index in [0.717, 1.165) is 12.0 Å². The zero-order valence-electron chi connectivity index (χ0n) is 12.8. The van der Waals surface area contributed by atoms with E-state index < -0.39 is 5.60 Å². The number of likely N-dealkylation sites (tertiary alicyclic amines) is 1. The molecule has 2 N–H and O–H groups in total. The summed E-state index contributed by atoms with van der Waals surface area (Å²) in [6.45, 7) is 6.08. The quantitative estimate of drug-likeness (QED) is 0.865. The van der Waals surface area contributed by atoms with Crippen LogP contribution in [0.3, 0.4) is 0 Å². The maximum absolute atomic E-state index is 13.1. The van der Waals surface area contributed by atoms with Crippen molar-refractivity contribution in [2.75, 3.05) is 6.54 Å². The fourth-order valence-electron chi connectivity index (χ4n) is 2.53. The smallest absolute Gasteiger partial charge is 0.410 e. The first-order chi connectivity index (χ1) is 9.76. The molecule has 4 nitrogen and oxygen atoms in total. The summed E-state index contributed by atoms with van der Waals surface area (Å²) in [5, 5.41) is 0. The van der Waals surface area contributed by atoms with Crippen LogP contribution in [0.5, 0.6) is 0 Å². The van der Waals surface area contributed by atoms with Gasteiger partial charge in [-0.05, 0) is 51.3 Å². The molecule has 1 fully saturated rings. The van der Waals surface area contributed by atoms with Crippen molar-refractivity contribution in [3.8, 4) is 0 Å². The highest BCUT2D eigenvalue weighted by Crippen LogP contribution is 2.31. The normalized spacial score (nSPS) is 23.0. The van der Waals surface area contributed by atoms with Crippen molar-refractivity contribution in [2.45, 2.75) is 51.3 Å². The molecule has 116 valence electrons. The fraction of sp³-hybridized carbons (Fsp3) is 0.562. The Morgan fingerprint density at radius 2 is 1.95 bits per heavy atom. The lowest BCUT2D eigenvalue weighted by Gasteiger charge is -2.39. The molecule has 1 amide bonds. The lowest BCUT2D eigenvalue weighted by atomic mass is 9.92. The van der Waals surface area contributed by atoms with Gasteiger partial charge >= 0.3 is 6.09 Å². The number of hydrogen-bond donors (Lipinski definition) is 1. The summed E-state index contributed by atoms with van der Waals surface area (Å²) in [5.74, 6) is -0.289. The van der Waals surface area contributed by atoms with Crippen LogP contribution >= 0.6 is 0 Å². The molecule has 21 heavy (non-hydrogen) atoms. The molecule has 1 aromatic carbocycles. The Hall–Kier alpha value is -1.62. The Balaban J connectivity index is 2.21. The van der Waals surface area contributed by atoms with Gasteiger partial charge in [-0.3, -0.25) is 0 Å². The van der Waals surface area contributed by atoms with Crippen molar-refractivity contribution in [2.24, 2.45) is 5.73 Å². The van der Waals surface area contributed by atoms with Crippen LogP contribution in [-0.2, 0) is 4.74 Å². The lowest BCUT2D eigenvalue weighted by Crippen LogP contribution is -2.46.